The van der Waals surface area contributed by atoms with Crippen molar-refractivity contribution < 1.29 is 9.53 Å². The van der Waals surface area contributed by atoms with Gasteiger partial charge in [-0.2, -0.15) is 0 Å². The summed E-state index contributed by atoms with van der Waals surface area (Å²) in [4.78, 5) is 11.6. The zero-order chi connectivity index (χ0) is 12.7. The summed E-state index contributed by atoms with van der Waals surface area (Å²) in [5.41, 5.74) is 5.19. The summed E-state index contributed by atoms with van der Waals surface area (Å²) >= 11 is 0. The van der Waals surface area contributed by atoms with Crippen molar-refractivity contribution in [1.29, 1.82) is 0 Å². The van der Waals surface area contributed by atoms with Gasteiger partial charge >= 0.3 is 0 Å². The van der Waals surface area contributed by atoms with E-state index in [1.807, 2.05) is 44.2 Å². The Morgan fingerprint density at radius 1 is 1.35 bits per heavy atom. The number of nitrogens with one attached hydrogen (secondary N) is 1. The van der Waals surface area contributed by atoms with Crippen LogP contribution in [0.15, 0.2) is 30.3 Å². The molecule has 94 valence electrons. The molecule has 4 nitrogen and oxygen atoms in total. The highest BCUT2D eigenvalue weighted by atomic mass is 16.5. The third-order valence-corrected chi connectivity index (χ3v) is 2.36. The highest BCUT2D eigenvalue weighted by Crippen LogP contribution is 2.09. The fourth-order valence-electron chi connectivity index (χ4n) is 1.50. The summed E-state index contributed by atoms with van der Waals surface area (Å²) in [6.45, 7) is 4.46. The van der Waals surface area contributed by atoms with Crippen molar-refractivity contribution in [3.63, 3.8) is 0 Å². The van der Waals surface area contributed by atoms with E-state index >= 15 is 0 Å². The number of carbonyl (C=O) groups excluding carboxylic acids is 1. The van der Waals surface area contributed by atoms with Crippen LogP contribution in [0.1, 0.15) is 20.3 Å². The summed E-state index contributed by atoms with van der Waals surface area (Å²) in [7, 11) is 0. The monoisotopic (exact) mass is 236 g/mol. The summed E-state index contributed by atoms with van der Waals surface area (Å²) in [6, 6.07) is 9.27. The van der Waals surface area contributed by atoms with Gasteiger partial charge in [0.25, 0.3) is 5.91 Å². The van der Waals surface area contributed by atoms with Crippen LogP contribution >= 0.6 is 0 Å². The van der Waals surface area contributed by atoms with Gasteiger partial charge < -0.3 is 15.8 Å². The predicted molar refractivity (Wildman–Crippen MR) is 67.8 cm³/mol. The van der Waals surface area contributed by atoms with Gasteiger partial charge in [0.1, 0.15) is 5.75 Å². The van der Waals surface area contributed by atoms with E-state index < -0.39 is 0 Å². The van der Waals surface area contributed by atoms with Crippen molar-refractivity contribution in [2.45, 2.75) is 25.8 Å². The molecule has 0 unspecified atom stereocenters. The number of hydrogen-bond acceptors (Lipinski definition) is 3. The fraction of sp³-hybridized carbons (Fsp3) is 0.462. The number of nitrogens with two attached hydrogens (primary N) is 1. The number of hydrogen-bond donors (Lipinski definition) is 2. The average Bonchev–Trinajstić information content (AvgIpc) is 2.27. The molecule has 0 aromatic heterocycles. The van der Waals surface area contributed by atoms with Crippen molar-refractivity contribution >= 4 is 5.91 Å². The molecule has 1 rings (SSSR count). The number of rotatable bonds is 6. The minimum absolute atomic E-state index is 0.0258. The highest BCUT2D eigenvalue weighted by molar-refractivity contribution is 5.78. The van der Waals surface area contributed by atoms with Crippen molar-refractivity contribution in [2.24, 2.45) is 5.73 Å². The number of carbonyl (C=O) groups is 1. The molecule has 0 fully saturated rings. The first-order valence-corrected chi connectivity index (χ1v) is 5.72. The third-order valence-electron chi connectivity index (χ3n) is 2.36. The lowest BCUT2D eigenvalue weighted by molar-refractivity contribution is -0.124. The van der Waals surface area contributed by atoms with Gasteiger partial charge in [0.2, 0.25) is 0 Å². The maximum absolute atomic E-state index is 11.6. The zero-order valence-electron chi connectivity index (χ0n) is 10.4. The Morgan fingerprint density at radius 3 is 2.59 bits per heavy atom. The summed E-state index contributed by atoms with van der Waals surface area (Å²) in [5, 5.41) is 2.88. The maximum atomic E-state index is 11.6. The van der Waals surface area contributed by atoms with Gasteiger partial charge in [-0.05, 0) is 38.9 Å². The molecule has 0 saturated carbocycles. The molecule has 0 radical (unpaired) electrons. The van der Waals surface area contributed by atoms with E-state index in [0.717, 1.165) is 6.42 Å². The zero-order valence-corrected chi connectivity index (χ0v) is 10.4. The molecule has 0 aliphatic rings. The second kappa shape index (κ2) is 6.25. The van der Waals surface area contributed by atoms with Crippen LogP contribution in [-0.2, 0) is 4.79 Å². The molecule has 0 bridgehead atoms. The van der Waals surface area contributed by atoms with Crippen LogP contribution in [0.5, 0.6) is 5.75 Å². The summed E-state index contributed by atoms with van der Waals surface area (Å²) in [6.07, 6.45) is 0.740. The number of ether oxygens (including phenoxy) is 1. The van der Waals surface area contributed by atoms with E-state index in [9.17, 15) is 4.79 Å². The van der Waals surface area contributed by atoms with Gasteiger partial charge in [0.15, 0.2) is 6.61 Å². The SMILES string of the molecule is CC(C)(CCN)NC(=O)COc1ccccc1. The van der Waals surface area contributed by atoms with Crippen LogP contribution < -0.4 is 15.8 Å². The second-order valence-corrected chi connectivity index (χ2v) is 4.57. The Balaban J connectivity index is 2.35. The molecule has 1 aromatic rings. The molecule has 0 atom stereocenters. The second-order valence-electron chi connectivity index (χ2n) is 4.57. The first kappa shape index (κ1) is 13.5. The van der Waals surface area contributed by atoms with E-state index in [-0.39, 0.29) is 18.1 Å². The molecule has 17 heavy (non-hydrogen) atoms. The lowest BCUT2D eigenvalue weighted by Gasteiger charge is -2.25. The Hall–Kier alpha value is -1.55. The van der Waals surface area contributed by atoms with Crippen molar-refractivity contribution in [2.75, 3.05) is 13.2 Å². The molecule has 0 aliphatic carbocycles. The van der Waals surface area contributed by atoms with Crippen LogP contribution in [0.3, 0.4) is 0 Å². The number of para-hydroxylation sites is 1. The van der Waals surface area contributed by atoms with Crippen LogP contribution in [0.25, 0.3) is 0 Å². The van der Waals surface area contributed by atoms with Crippen LogP contribution in [0.2, 0.25) is 0 Å². The lowest BCUT2D eigenvalue weighted by atomic mass is 10.0. The van der Waals surface area contributed by atoms with Gasteiger partial charge in [0, 0.05) is 5.54 Å². The molecular formula is C13H20N2O2. The van der Waals surface area contributed by atoms with Crippen molar-refractivity contribution in [1.82, 2.24) is 5.32 Å². The molecule has 4 heteroatoms. The van der Waals surface area contributed by atoms with E-state index in [0.29, 0.717) is 12.3 Å². The molecule has 1 amide bonds. The van der Waals surface area contributed by atoms with Crippen molar-refractivity contribution in [3.8, 4) is 5.75 Å². The smallest absolute Gasteiger partial charge is 0.258 e. The molecule has 0 aliphatic heterocycles. The van der Waals surface area contributed by atoms with Gasteiger partial charge in [-0.1, -0.05) is 18.2 Å². The molecular weight excluding hydrogens is 216 g/mol. The van der Waals surface area contributed by atoms with Crippen molar-refractivity contribution in [3.05, 3.63) is 30.3 Å². The first-order valence-electron chi connectivity index (χ1n) is 5.72. The van der Waals surface area contributed by atoms with Gasteiger partial charge in [-0.3, -0.25) is 4.79 Å². The van der Waals surface area contributed by atoms with Gasteiger partial charge in [-0.15, -0.1) is 0 Å². The Kier molecular flexibility index (Phi) is 4.97. The first-order chi connectivity index (χ1) is 8.03. The van der Waals surface area contributed by atoms with Crippen LogP contribution in [0.4, 0.5) is 0 Å². The molecule has 0 spiro atoms. The Morgan fingerprint density at radius 2 is 2.00 bits per heavy atom. The topological polar surface area (TPSA) is 64.3 Å². The average molecular weight is 236 g/mol. The quantitative estimate of drug-likeness (QED) is 0.782. The normalized spacial score (nSPS) is 11.0. The summed E-state index contributed by atoms with van der Waals surface area (Å²) < 4.78 is 5.35. The van der Waals surface area contributed by atoms with E-state index in [4.69, 9.17) is 10.5 Å². The maximum Gasteiger partial charge on any atom is 0.258 e. The fourth-order valence-corrected chi connectivity index (χ4v) is 1.50. The van der Waals surface area contributed by atoms with Crippen LogP contribution in [-0.4, -0.2) is 24.6 Å². The highest BCUT2D eigenvalue weighted by Gasteiger charge is 2.19. The standard InChI is InChI=1S/C13H20N2O2/c1-13(2,8-9-14)15-12(16)10-17-11-6-4-3-5-7-11/h3-7H,8-10,14H2,1-2H3,(H,15,16). The number of amides is 1. The summed E-state index contributed by atoms with van der Waals surface area (Å²) in [5.74, 6) is 0.562. The van der Waals surface area contributed by atoms with E-state index in [1.54, 1.807) is 0 Å². The predicted octanol–water partition coefficient (Wildman–Crippen LogP) is 1.31. The third kappa shape index (κ3) is 5.36. The van der Waals surface area contributed by atoms with E-state index in [2.05, 4.69) is 5.32 Å². The Bertz CT molecular complexity index is 350. The Labute approximate surface area is 102 Å². The lowest BCUT2D eigenvalue weighted by Crippen LogP contribution is -2.46. The molecule has 0 heterocycles. The largest absolute Gasteiger partial charge is 0.484 e. The molecule has 1 aromatic carbocycles. The molecule has 3 N–H and O–H groups in total. The minimum atomic E-state index is -0.286. The van der Waals surface area contributed by atoms with Crippen LogP contribution in [0, 0.1) is 0 Å². The minimum Gasteiger partial charge on any atom is -0.484 e. The van der Waals surface area contributed by atoms with Gasteiger partial charge in [0.05, 0.1) is 0 Å². The van der Waals surface area contributed by atoms with Gasteiger partial charge in [-0.25, -0.2) is 0 Å². The van der Waals surface area contributed by atoms with E-state index in [1.165, 1.54) is 0 Å². The molecule has 0 saturated heterocycles. The number of benzene rings is 1.